The average Bonchev–Trinajstić information content (AvgIpc) is 2.58. The summed E-state index contributed by atoms with van der Waals surface area (Å²) in [6.45, 7) is 0.626. The molecule has 5 heteroatoms. The third-order valence-electron chi connectivity index (χ3n) is 1.36. The average molecular weight is 150 g/mol. The molecule has 0 fully saturated rings. The van der Waals surface area contributed by atoms with E-state index in [1.54, 1.807) is 0 Å². The van der Waals surface area contributed by atoms with Crippen LogP contribution in [0, 0.1) is 0 Å². The topological polar surface area (TPSA) is 60.3 Å². The Balaban J connectivity index is 2.29. The minimum Gasteiger partial charge on any atom is -0.395 e. The summed E-state index contributed by atoms with van der Waals surface area (Å²) < 4.78 is 0. The van der Waals surface area contributed by atoms with Crippen LogP contribution in [0.2, 0.25) is 0 Å². The zero-order valence-corrected chi connectivity index (χ0v) is 5.77. The van der Waals surface area contributed by atoms with Gasteiger partial charge in [0.15, 0.2) is 5.82 Å². The molecular weight excluding hydrogens is 144 g/mol. The fourth-order valence-electron chi connectivity index (χ4n) is 0.852. The smallest absolute Gasteiger partial charge is 0.180 e. The van der Waals surface area contributed by atoms with Crippen LogP contribution >= 0.6 is 0 Å². The maximum absolute atomic E-state index is 4.80. The zero-order valence-electron chi connectivity index (χ0n) is 5.77. The van der Waals surface area contributed by atoms with Gasteiger partial charge in [-0.1, -0.05) is 5.16 Å². The molecule has 1 aliphatic heterocycles. The van der Waals surface area contributed by atoms with Gasteiger partial charge in [0.2, 0.25) is 0 Å². The summed E-state index contributed by atoms with van der Waals surface area (Å²) in [7, 11) is 0. The van der Waals surface area contributed by atoms with Crippen molar-refractivity contribution in [2.45, 2.75) is 6.42 Å². The Morgan fingerprint density at radius 2 is 2.09 bits per heavy atom. The molecule has 1 aromatic heterocycles. The van der Waals surface area contributed by atoms with Gasteiger partial charge in [0.05, 0.1) is 0 Å². The molecule has 0 bridgehead atoms. The van der Waals surface area contributed by atoms with Crippen molar-refractivity contribution in [2.75, 3.05) is 6.61 Å². The highest BCUT2D eigenvalue weighted by atomic mass is 16.6. The molecular formula is C6H6N4O. The summed E-state index contributed by atoms with van der Waals surface area (Å²) in [5.74, 6) is 0.609. The van der Waals surface area contributed by atoms with Crippen LogP contribution in [0.15, 0.2) is 17.8 Å². The molecule has 0 saturated heterocycles. The SMILES string of the molecule is c1ncnc(C2=NOCC2)n1. The highest BCUT2D eigenvalue weighted by molar-refractivity contribution is 5.97. The fraction of sp³-hybridized carbons (Fsp3) is 0.333. The van der Waals surface area contributed by atoms with Crippen molar-refractivity contribution in [2.24, 2.45) is 5.16 Å². The number of oxime groups is 1. The van der Waals surface area contributed by atoms with Gasteiger partial charge in [0.1, 0.15) is 25.0 Å². The van der Waals surface area contributed by atoms with Crippen LogP contribution in [0.3, 0.4) is 0 Å². The summed E-state index contributed by atoms with van der Waals surface area (Å²) in [6.07, 6.45) is 3.68. The van der Waals surface area contributed by atoms with Crippen molar-refractivity contribution >= 4 is 5.71 Å². The van der Waals surface area contributed by atoms with Gasteiger partial charge in [-0.05, 0) is 0 Å². The first kappa shape index (κ1) is 6.21. The molecule has 0 spiro atoms. The van der Waals surface area contributed by atoms with Crippen molar-refractivity contribution in [3.05, 3.63) is 18.5 Å². The molecule has 0 atom stereocenters. The van der Waals surface area contributed by atoms with Gasteiger partial charge < -0.3 is 4.84 Å². The van der Waals surface area contributed by atoms with E-state index < -0.39 is 0 Å². The van der Waals surface area contributed by atoms with Crippen molar-refractivity contribution < 1.29 is 4.84 Å². The van der Waals surface area contributed by atoms with Gasteiger partial charge >= 0.3 is 0 Å². The van der Waals surface area contributed by atoms with Crippen LogP contribution < -0.4 is 0 Å². The van der Waals surface area contributed by atoms with Gasteiger partial charge in [-0.3, -0.25) is 0 Å². The number of nitrogens with zero attached hydrogens (tertiary/aromatic N) is 4. The van der Waals surface area contributed by atoms with Gasteiger partial charge in [0.25, 0.3) is 0 Å². The molecule has 0 saturated carbocycles. The Hall–Kier alpha value is -1.52. The van der Waals surface area contributed by atoms with Gasteiger partial charge in [0, 0.05) is 6.42 Å². The first-order chi connectivity index (χ1) is 5.47. The summed E-state index contributed by atoms with van der Waals surface area (Å²) in [6, 6.07) is 0. The molecule has 1 aliphatic rings. The van der Waals surface area contributed by atoms with E-state index in [-0.39, 0.29) is 0 Å². The molecule has 1 aromatic rings. The molecule has 56 valence electrons. The van der Waals surface area contributed by atoms with Crippen molar-refractivity contribution in [3.8, 4) is 0 Å². The second-order valence-electron chi connectivity index (χ2n) is 2.08. The lowest BCUT2D eigenvalue weighted by molar-refractivity contribution is 0.174. The monoisotopic (exact) mass is 150 g/mol. The third kappa shape index (κ3) is 1.17. The number of rotatable bonds is 1. The summed E-state index contributed by atoms with van der Waals surface area (Å²) >= 11 is 0. The van der Waals surface area contributed by atoms with Gasteiger partial charge in [-0.25, -0.2) is 15.0 Å². The highest BCUT2D eigenvalue weighted by Gasteiger charge is 2.12. The van der Waals surface area contributed by atoms with E-state index in [1.165, 1.54) is 12.7 Å². The van der Waals surface area contributed by atoms with E-state index in [0.717, 1.165) is 12.1 Å². The Labute approximate surface area is 63.1 Å². The molecule has 0 aromatic carbocycles. The number of hydrogen-bond donors (Lipinski definition) is 0. The summed E-state index contributed by atoms with van der Waals surface area (Å²) in [5.41, 5.74) is 0.799. The molecule has 11 heavy (non-hydrogen) atoms. The Morgan fingerprint density at radius 1 is 1.27 bits per heavy atom. The standard InChI is InChI=1S/C6H6N4O/c1-2-11-10-5(1)6-8-3-7-4-9-6/h3-4H,1-2H2. The van der Waals surface area contributed by atoms with Gasteiger partial charge in [-0.15, -0.1) is 0 Å². The molecule has 2 rings (SSSR count). The molecule has 5 nitrogen and oxygen atoms in total. The quantitative estimate of drug-likeness (QED) is 0.565. The normalized spacial score (nSPS) is 15.8. The van der Waals surface area contributed by atoms with Gasteiger partial charge in [-0.2, -0.15) is 0 Å². The molecule has 0 amide bonds. The van der Waals surface area contributed by atoms with E-state index in [0.29, 0.717) is 12.4 Å². The second-order valence-corrected chi connectivity index (χ2v) is 2.08. The Morgan fingerprint density at radius 3 is 2.73 bits per heavy atom. The highest BCUT2D eigenvalue weighted by Crippen LogP contribution is 2.04. The fourth-order valence-corrected chi connectivity index (χ4v) is 0.852. The largest absolute Gasteiger partial charge is 0.395 e. The van der Waals surface area contributed by atoms with Crippen LogP contribution in [-0.4, -0.2) is 27.3 Å². The zero-order chi connectivity index (χ0) is 7.52. The van der Waals surface area contributed by atoms with Crippen molar-refractivity contribution in [3.63, 3.8) is 0 Å². The van der Waals surface area contributed by atoms with E-state index in [4.69, 9.17) is 4.84 Å². The van der Waals surface area contributed by atoms with Crippen molar-refractivity contribution in [1.29, 1.82) is 0 Å². The minimum absolute atomic E-state index is 0.609. The van der Waals surface area contributed by atoms with Crippen LogP contribution in [0.4, 0.5) is 0 Å². The lowest BCUT2D eigenvalue weighted by Crippen LogP contribution is -2.03. The van der Waals surface area contributed by atoms with E-state index in [9.17, 15) is 0 Å². The Kier molecular flexibility index (Phi) is 1.47. The summed E-state index contributed by atoms with van der Waals surface area (Å²) in [4.78, 5) is 16.4. The number of hydrogen-bond acceptors (Lipinski definition) is 5. The predicted octanol–water partition coefficient (Wildman–Crippen LogP) is -0.00400. The van der Waals surface area contributed by atoms with Crippen LogP contribution in [0.1, 0.15) is 12.2 Å². The summed E-state index contributed by atoms with van der Waals surface area (Å²) in [5, 5.41) is 3.77. The first-order valence-corrected chi connectivity index (χ1v) is 3.28. The maximum Gasteiger partial charge on any atom is 0.180 e. The predicted molar refractivity (Wildman–Crippen MR) is 36.9 cm³/mol. The molecule has 0 aliphatic carbocycles. The molecule has 0 unspecified atom stereocenters. The molecule has 0 N–H and O–H groups in total. The molecule has 2 heterocycles. The number of aromatic nitrogens is 3. The van der Waals surface area contributed by atoms with Crippen LogP contribution in [0.5, 0.6) is 0 Å². The lowest BCUT2D eigenvalue weighted by Gasteiger charge is -1.91. The third-order valence-corrected chi connectivity index (χ3v) is 1.36. The van der Waals surface area contributed by atoms with E-state index in [1.807, 2.05) is 0 Å². The minimum atomic E-state index is 0.609. The van der Waals surface area contributed by atoms with E-state index in [2.05, 4.69) is 20.1 Å². The Bertz CT molecular complexity index is 271. The van der Waals surface area contributed by atoms with Crippen LogP contribution in [-0.2, 0) is 4.84 Å². The lowest BCUT2D eigenvalue weighted by atomic mass is 10.3. The second kappa shape index (κ2) is 2.61. The molecule has 0 radical (unpaired) electrons. The first-order valence-electron chi connectivity index (χ1n) is 3.28. The van der Waals surface area contributed by atoms with Crippen LogP contribution in [0.25, 0.3) is 0 Å². The van der Waals surface area contributed by atoms with E-state index >= 15 is 0 Å². The maximum atomic E-state index is 4.80. The van der Waals surface area contributed by atoms with Crippen molar-refractivity contribution in [1.82, 2.24) is 15.0 Å².